The molecule has 6 nitrogen and oxygen atoms in total. The Labute approximate surface area is 129 Å². The molecule has 0 radical (unpaired) electrons. The molecule has 1 saturated heterocycles. The minimum Gasteiger partial charge on any atom is -0.355 e. The van der Waals surface area contributed by atoms with Crippen LogP contribution in [0.5, 0.6) is 0 Å². The molecule has 0 spiro atoms. The highest BCUT2D eigenvalue weighted by Gasteiger charge is 2.20. The van der Waals surface area contributed by atoms with Crippen LogP contribution in [0.3, 0.4) is 0 Å². The molecule has 116 valence electrons. The quantitative estimate of drug-likeness (QED) is 0.640. The van der Waals surface area contributed by atoms with Gasteiger partial charge in [0.1, 0.15) is 0 Å². The van der Waals surface area contributed by atoms with Crippen LogP contribution in [0.1, 0.15) is 18.4 Å². The van der Waals surface area contributed by atoms with E-state index in [0.717, 1.165) is 25.9 Å². The molecular formula is C14H20ClN3O3. The lowest BCUT2D eigenvalue weighted by Gasteiger charge is -2.21. The Morgan fingerprint density at radius 2 is 2.19 bits per heavy atom. The van der Waals surface area contributed by atoms with Gasteiger partial charge in [0.05, 0.1) is 10.8 Å². The molecular weight excluding hydrogens is 294 g/mol. The van der Waals surface area contributed by atoms with E-state index in [1.165, 1.54) is 6.07 Å². The van der Waals surface area contributed by atoms with Crippen LogP contribution in [0.25, 0.3) is 0 Å². The van der Waals surface area contributed by atoms with Gasteiger partial charge in [-0.2, -0.15) is 0 Å². The number of nitrogens with zero attached hydrogens (tertiary/aromatic N) is 1. The van der Waals surface area contributed by atoms with Crippen molar-refractivity contribution in [2.45, 2.75) is 19.3 Å². The zero-order valence-corrected chi connectivity index (χ0v) is 12.5. The second-order valence-corrected chi connectivity index (χ2v) is 4.97. The number of para-hydroxylation sites is 1. The third-order valence-electron chi connectivity index (χ3n) is 3.55. The van der Waals surface area contributed by atoms with Crippen molar-refractivity contribution in [3.8, 4) is 0 Å². The summed E-state index contributed by atoms with van der Waals surface area (Å²) in [6, 6.07) is 6.64. The summed E-state index contributed by atoms with van der Waals surface area (Å²) in [6.45, 7) is 2.12. The number of halogens is 1. The number of carbonyl (C=O) groups excluding carboxylic acids is 1. The monoisotopic (exact) mass is 313 g/mol. The smallest absolute Gasteiger partial charge is 0.272 e. The molecule has 7 heteroatoms. The molecule has 0 aromatic heterocycles. The number of hydrogen-bond donors (Lipinski definition) is 2. The predicted octanol–water partition coefficient (Wildman–Crippen LogP) is 1.67. The second-order valence-electron chi connectivity index (χ2n) is 4.97. The summed E-state index contributed by atoms with van der Waals surface area (Å²) in [5, 5.41) is 16.9. The summed E-state index contributed by atoms with van der Waals surface area (Å²) >= 11 is 0. The van der Waals surface area contributed by atoms with Crippen LogP contribution in [-0.4, -0.2) is 30.5 Å². The van der Waals surface area contributed by atoms with Gasteiger partial charge in [0.15, 0.2) is 0 Å². The van der Waals surface area contributed by atoms with E-state index in [1.807, 2.05) is 0 Å². The van der Waals surface area contributed by atoms with Crippen LogP contribution in [0, 0.1) is 16.0 Å². The van der Waals surface area contributed by atoms with Crippen LogP contribution in [0.15, 0.2) is 24.3 Å². The maximum atomic E-state index is 11.9. The van der Waals surface area contributed by atoms with Gasteiger partial charge in [0.2, 0.25) is 5.91 Å². The lowest BCUT2D eigenvalue weighted by molar-refractivity contribution is -0.385. The number of nitro benzene ring substituents is 1. The second kappa shape index (κ2) is 8.59. The molecule has 1 fully saturated rings. The molecule has 1 atom stereocenters. The number of piperidine rings is 1. The van der Waals surface area contributed by atoms with Gasteiger partial charge in [-0.25, -0.2) is 0 Å². The molecule has 1 amide bonds. The zero-order chi connectivity index (χ0) is 14.4. The van der Waals surface area contributed by atoms with E-state index in [4.69, 9.17) is 0 Å². The van der Waals surface area contributed by atoms with Gasteiger partial charge in [-0.1, -0.05) is 18.2 Å². The molecule has 2 N–H and O–H groups in total. The van der Waals surface area contributed by atoms with E-state index < -0.39 is 0 Å². The van der Waals surface area contributed by atoms with Crippen molar-refractivity contribution in [2.24, 2.45) is 5.92 Å². The first kappa shape index (κ1) is 17.4. The standard InChI is InChI=1S/C14H19N3O3.ClH/c18-14(12-5-3-8-15-10-12)16-9-7-11-4-1-2-6-13(11)17(19)20;/h1-2,4,6,12,15H,3,5,7-10H2,(H,16,18);1H. The first-order valence-corrected chi connectivity index (χ1v) is 6.89. The molecule has 0 bridgehead atoms. The Bertz CT molecular complexity index is 490. The number of hydrogen-bond acceptors (Lipinski definition) is 4. The molecule has 1 unspecified atom stereocenters. The van der Waals surface area contributed by atoms with Crippen LogP contribution >= 0.6 is 12.4 Å². The number of nitrogens with one attached hydrogen (secondary N) is 2. The van der Waals surface area contributed by atoms with E-state index in [9.17, 15) is 14.9 Å². The largest absolute Gasteiger partial charge is 0.355 e. The highest BCUT2D eigenvalue weighted by atomic mass is 35.5. The van der Waals surface area contributed by atoms with Crippen LogP contribution in [-0.2, 0) is 11.2 Å². The van der Waals surface area contributed by atoms with Gasteiger partial charge in [-0.3, -0.25) is 14.9 Å². The topological polar surface area (TPSA) is 84.3 Å². The van der Waals surface area contributed by atoms with Crippen molar-refractivity contribution < 1.29 is 9.72 Å². The Balaban J connectivity index is 0.00000220. The van der Waals surface area contributed by atoms with E-state index in [2.05, 4.69) is 10.6 Å². The van der Waals surface area contributed by atoms with Crippen LogP contribution in [0.4, 0.5) is 5.69 Å². The Kier molecular flexibility index (Phi) is 7.11. The van der Waals surface area contributed by atoms with Crippen LogP contribution in [0.2, 0.25) is 0 Å². The van der Waals surface area contributed by atoms with Crippen molar-refractivity contribution in [3.63, 3.8) is 0 Å². The summed E-state index contributed by atoms with van der Waals surface area (Å²) in [5.74, 6) is 0.0605. The Morgan fingerprint density at radius 3 is 2.86 bits per heavy atom. The van der Waals surface area contributed by atoms with E-state index in [-0.39, 0.29) is 34.8 Å². The highest BCUT2D eigenvalue weighted by molar-refractivity contribution is 5.85. The van der Waals surface area contributed by atoms with E-state index in [1.54, 1.807) is 18.2 Å². The summed E-state index contributed by atoms with van der Waals surface area (Å²) in [4.78, 5) is 22.4. The molecule has 2 rings (SSSR count). The minimum absolute atomic E-state index is 0. The van der Waals surface area contributed by atoms with Crippen molar-refractivity contribution in [1.29, 1.82) is 0 Å². The van der Waals surface area contributed by atoms with Gasteiger partial charge in [0, 0.05) is 24.7 Å². The van der Waals surface area contributed by atoms with Crippen molar-refractivity contribution in [2.75, 3.05) is 19.6 Å². The first-order chi connectivity index (χ1) is 9.68. The third kappa shape index (κ3) is 4.99. The lowest BCUT2D eigenvalue weighted by atomic mass is 9.99. The van der Waals surface area contributed by atoms with Gasteiger partial charge in [-0.05, 0) is 25.8 Å². The van der Waals surface area contributed by atoms with Crippen molar-refractivity contribution >= 4 is 24.0 Å². The summed E-state index contributed by atoms with van der Waals surface area (Å²) in [5.41, 5.74) is 0.764. The normalized spacial score (nSPS) is 17.6. The summed E-state index contributed by atoms with van der Waals surface area (Å²) in [6.07, 6.45) is 2.40. The Morgan fingerprint density at radius 1 is 1.43 bits per heavy atom. The molecule has 1 aliphatic heterocycles. The number of carbonyl (C=O) groups is 1. The molecule has 1 heterocycles. The molecule has 1 aromatic rings. The van der Waals surface area contributed by atoms with Gasteiger partial charge >= 0.3 is 0 Å². The predicted molar refractivity (Wildman–Crippen MR) is 82.7 cm³/mol. The average molecular weight is 314 g/mol. The lowest BCUT2D eigenvalue weighted by Crippen LogP contribution is -2.41. The summed E-state index contributed by atoms with van der Waals surface area (Å²) < 4.78 is 0. The average Bonchev–Trinajstić information content (AvgIpc) is 2.48. The molecule has 0 aliphatic carbocycles. The zero-order valence-electron chi connectivity index (χ0n) is 11.7. The Hall–Kier alpha value is -1.66. The van der Waals surface area contributed by atoms with Crippen molar-refractivity contribution in [3.05, 3.63) is 39.9 Å². The maximum absolute atomic E-state index is 11.9. The fourth-order valence-corrected chi connectivity index (χ4v) is 2.44. The van der Waals surface area contributed by atoms with Gasteiger partial charge in [-0.15, -0.1) is 12.4 Å². The number of benzene rings is 1. The van der Waals surface area contributed by atoms with E-state index >= 15 is 0 Å². The fourth-order valence-electron chi connectivity index (χ4n) is 2.44. The van der Waals surface area contributed by atoms with Gasteiger partial charge in [0.25, 0.3) is 5.69 Å². The van der Waals surface area contributed by atoms with Gasteiger partial charge < -0.3 is 10.6 Å². The molecule has 21 heavy (non-hydrogen) atoms. The van der Waals surface area contributed by atoms with Crippen molar-refractivity contribution in [1.82, 2.24) is 10.6 Å². The molecule has 0 saturated carbocycles. The highest BCUT2D eigenvalue weighted by Crippen LogP contribution is 2.17. The minimum atomic E-state index is -0.387. The molecule has 1 aromatic carbocycles. The first-order valence-electron chi connectivity index (χ1n) is 6.89. The fraction of sp³-hybridized carbons (Fsp3) is 0.500. The van der Waals surface area contributed by atoms with Crippen LogP contribution < -0.4 is 10.6 Å². The SMILES string of the molecule is Cl.O=C(NCCc1ccccc1[N+](=O)[O-])C1CCCNC1. The number of nitro groups is 1. The summed E-state index contributed by atoms with van der Waals surface area (Å²) in [7, 11) is 0. The third-order valence-corrected chi connectivity index (χ3v) is 3.55. The molecule has 1 aliphatic rings. The number of rotatable bonds is 5. The van der Waals surface area contributed by atoms with E-state index in [0.29, 0.717) is 18.5 Å². The maximum Gasteiger partial charge on any atom is 0.272 e. The number of amides is 1.